The normalized spacial score (nSPS) is 14.8. The summed E-state index contributed by atoms with van der Waals surface area (Å²) in [4.78, 5) is 2.30. The Hall–Kier alpha value is -0.420. The second kappa shape index (κ2) is 7.24. The first-order valence-electron chi connectivity index (χ1n) is 6.17. The van der Waals surface area contributed by atoms with Gasteiger partial charge in [-0.3, -0.25) is 4.90 Å². The number of nitrogens with two attached hydrogens (primary N) is 1. The number of rotatable bonds is 7. The Morgan fingerprint density at radius 1 is 1.39 bits per heavy atom. The molecule has 1 aromatic rings. The van der Waals surface area contributed by atoms with Crippen LogP contribution in [0.3, 0.4) is 0 Å². The molecule has 102 valence electrons. The molecule has 1 rings (SSSR count). The maximum atomic E-state index is 5.93. The number of hydrogen-bond donors (Lipinski definition) is 1. The largest absolute Gasteiger partial charge is 0.385 e. The van der Waals surface area contributed by atoms with E-state index in [-0.39, 0.29) is 5.54 Å². The van der Waals surface area contributed by atoms with E-state index >= 15 is 0 Å². The van der Waals surface area contributed by atoms with Gasteiger partial charge in [-0.2, -0.15) is 0 Å². The average molecular weight is 315 g/mol. The van der Waals surface area contributed by atoms with Crippen molar-refractivity contribution in [2.45, 2.75) is 25.4 Å². The summed E-state index contributed by atoms with van der Waals surface area (Å²) in [5.41, 5.74) is 7.17. The van der Waals surface area contributed by atoms with Gasteiger partial charge in [0.2, 0.25) is 0 Å². The van der Waals surface area contributed by atoms with Gasteiger partial charge >= 0.3 is 0 Å². The van der Waals surface area contributed by atoms with Crippen molar-refractivity contribution in [1.82, 2.24) is 4.90 Å². The summed E-state index contributed by atoms with van der Waals surface area (Å²) >= 11 is 3.58. The monoisotopic (exact) mass is 314 g/mol. The van der Waals surface area contributed by atoms with E-state index < -0.39 is 0 Å². The number of ether oxygens (including phenoxy) is 1. The van der Waals surface area contributed by atoms with E-state index in [1.807, 2.05) is 6.07 Å². The highest BCUT2D eigenvalue weighted by molar-refractivity contribution is 9.10. The summed E-state index contributed by atoms with van der Waals surface area (Å²) in [7, 11) is 3.84. The highest BCUT2D eigenvalue weighted by Crippen LogP contribution is 2.23. The lowest BCUT2D eigenvalue weighted by molar-refractivity contribution is 0.0837. The van der Waals surface area contributed by atoms with Crippen molar-refractivity contribution in [2.24, 2.45) is 5.73 Å². The first-order valence-corrected chi connectivity index (χ1v) is 6.96. The van der Waals surface area contributed by atoms with E-state index in [1.165, 1.54) is 5.56 Å². The molecule has 0 radical (unpaired) electrons. The fourth-order valence-electron chi connectivity index (χ4n) is 1.84. The number of nitrogens with zero attached hydrogens (tertiary/aromatic N) is 1. The Morgan fingerprint density at radius 2 is 2.06 bits per heavy atom. The molecule has 1 unspecified atom stereocenters. The van der Waals surface area contributed by atoms with Crippen LogP contribution >= 0.6 is 15.9 Å². The molecule has 0 aliphatic heterocycles. The molecule has 0 heterocycles. The Bertz CT molecular complexity index is 373. The summed E-state index contributed by atoms with van der Waals surface area (Å²) in [6.07, 6.45) is 0.932. The molecule has 0 aromatic heterocycles. The van der Waals surface area contributed by atoms with Gasteiger partial charge in [0, 0.05) is 36.8 Å². The lowest BCUT2D eigenvalue weighted by atomic mass is 9.95. The zero-order chi connectivity index (χ0) is 13.6. The summed E-state index contributed by atoms with van der Waals surface area (Å²) in [6.45, 7) is 4.41. The average Bonchev–Trinajstić information content (AvgIpc) is 2.38. The van der Waals surface area contributed by atoms with Crippen molar-refractivity contribution < 1.29 is 4.74 Å². The number of methoxy groups -OCH3 is 1. The zero-order valence-corrected chi connectivity index (χ0v) is 13.0. The minimum absolute atomic E-state index is 0.0364. The molecule has 0 aliphatic rings. The first-order chi connectivity index (χ1) is 8.53. The Balaban J connectivity index is 2.73. The van der Waals surface area contributed by atoms with E-state index in [2.05, 4.69) is 53.0 Å². The van der Waals surface area contributed by atoms with Crippen LogP contribution in [0.15, 0.2) is 28.7 Å². The van der Waals surface area contributed by atoms with Crippen LogP contribution < -0.4 is 5.73 Å². The zero-order valence-electron chi connectivity index (χ0n) is 11.4. The van der Waals surface area contributed by atoms with E-state index in [0.29, 0.717) is 6.54 Å². The van der Waals surface area contributed by atoms with Crippen LogP contribution in [-0.4, -0.2) is 37.7 Å². The SMILES string of the molecule is COCCC(C)(CN)N(C)Cc1ccccc1Br. The topological polar surface area (TPSA) is 38.5 Å². The van der Waals surface area contributed by atoms with E-state index in [9.17, 15) is 0 Å². The van der Waals surface area contributed by atoms with Crippen LogP contribution in [0.5, 0.6) is 0 Å². The van der Waals surface area contributed by atoms with E-state index in [4.69, 9.17) is 10.5 Å². The quantitative estimate of drug-likeness (QED) is 0.841. The summed E-state index contributed by atoms with van der Waals surface area (Å²) in [6, 6.07) is 8.29. The van der Waals surface area contributed by atoms with Crippen molar-refractivity contribution in [2.75, 3.05) is 27.3 Å². The molecule has 0 saturated heterocycles. The van der Waals surface area contributed by atoms with Crippen molar-refractivity contribution >= 4 is 15.9 Å². The van der Waals surface area contributed by atoms with Gasteiger partial charge in [0.05, 0.1) is 0 Å². The molecule has 0 amide bonds. The minimum atomic E-state index is -0.0364. The van der Waals surface area contributed by atoms with Crippen LogP contribution in [0.25, 0.3) is 0 Å². The third kappa shape index (κ3) is 4.05. The summed E-state index contributed by atoms with van der Waals surface area (Å²) in [5, 5.41) is 0. The van der Waals surface area contributed by atoms with Gasteiger partial charge in [-0.25, -0.2) is 0 Å². The maximum absolute atomic E-state index is 5.93. The fourth-order valence-corrected chi connectivity index (χ4v) is 2.25. The standard InChI is InChI=1S/C14H23BrN2O/c1-14(11-16,8-9-18-3)17(2)10-12-6-4-5-7-13(12)15/h4-7H,8-11,16H2,1-3H3. The van der Waals surface area contributed by atoms with Crippen LogP contribution in [0, 0.1) is 0 Å². The molecular formula is C14H23BrN2O. The van der Waals surface area contributed by atoms with Gasteiger partial charge in [0.1, 0.15) is 0 Å². The molecule has 1 aromatic carbocycles. The molecule has 1 atom stereocenters. The van der Waals surface area contributed by atoms with Crippen molar-refractivity contribution in [1.29, 1.82) is 0 Å². The predicted octanol–water partition coefficient (Wildman–Crippen LogP) is 2.63. The maximum Gasteiger partial charge on any atom is 0.0480 e. The Kier molecular flexibility index (Phi) is 6.29. The second-order valence-corrected chi connectivity index (χ2v) is 5.75. The molecule has 0 fully saturated rings. The van der Waals surface area contributed by atoms with Gasteiger partial charge in [-0.15, -0.1) is 0 Å². The van der Waals surface area contributed by atoms with E-state index in [0.717, 1.165) is 24.0 Å². The van der Waals surface area contributed by atoms with Crippen molar-refractivity contribution in [3.05, 3.63) is 34.3 Å². The molecule has 18 heavy (non-hydrogen) atoms. The van der Waals surface area contributed by atoms with Gasteiger partial charge in [0.15, 0.2) is 0 Å². The summed E-state index contributed by atoms with van der Waals surface area (Å²) < 4.78 is 6.31. The molecule has 0 spiro atoms. The van der Waals surface area contributed by atoms with Gasteiger partial charge in [-0.1, -0.05) is 34.1 Å². The van der Waals surface area contributed by atoms with Gasteiger partial charge in [0.25, 0.3) is 0 Å². The number of likely N-dealkylation sites (N-methyl/N-ethyl adjacent to an activating group) is 1. The summed E-state index contributed by atoms with van der Waals surface area (Å²) in [5.74, 6) is 0. The minimum Gasteiger partial charge on any atom is -0.385 e. The molecule has 3 nitrogen and oxygen atoms in total. The smallest absolute Gasteiger partial charge is 0.0480 e. The highest BCUT2D eigenvalue weighted by Gasteiger charge is 2.27. The molecule has 2 N–H and O–H groups in total. The molecule has 4 heteroatoms. The number of benzene rings is 1. The molecule has 0 aliphatic carbocycles. The number of halogens is 1. The lowest BCUT2D eigenvalue weighted by Gasteiger charge is -2.38. The lowest BCUT2D eigenvalue weighted by Crippen LogP contribution is -2.50. The van der Waals surface area contributed by atoms with Crippen LogP contribution in [0.4, 0.5) is 0 Å². The third-order valence-electron chi connectivity index (χ3n) is 3.57. The Labute approximate surface area is 118 Å². The van der Waals surface area contributed by atoms with Gasteiger partial charge in [-0.05, 0) is 32.0 Å². The first kappa shape index (κ1) is 15.6. The van der Waals surface area contributed by atoms with Crippen LogP contribution in [0.1, 0.15) is 18.9 Å². The molecule has 0 saturated carbocycles. The van der Waals surface area contributed by atoms with E-state index in [1.54, 1.807) is 7.11 Å². The molecular weight excluding hydrogens is 292 g/mol. The fraction of sp³-hybridized carbons (Fsp3) is 0.571. The molecule has 0 bridgehead atoms. The highest BCUT2D eigenvalue weighted by atomic mass is 79.9. The Morgan fingerprint density at radius 3 is 2.61 bits per heavy atom. The predicted molar refractivity (Wildman–Crippen MR) is 79.6 cm³/mol. The van der Waals surface area contributed by atoms with Crippen LogP contribution in [-0.2, 0) is 11.3 Å². The third-order valence-corrected chi connectivity index (χ3v) is 4.35. The van der Waals surface area contributed by atoms with Crippen molar-refractivity contribution in [3.8, 4) is 0 Å². The second-order valence-electron chi connectivity index (χ2n) is 4.89. The van der Waals surface area contributed by atoms with Crippen molar-refractivity contribution in [3.63, 3.8) is 0 Å². The van der Waals surface area contributed by atoms with Gasteiger partial charge < -0.3 is 10.5 Å². The number of hydrogen-bond acceptors (Lipinski definition) is 3. The van der Waals surface area contributed by atoms with Crippen LogP contribution in [0.2, 0.25) is 0 Å².